The Morgan fingerprint density at radius 1 is 1.06 bits per heavy atom. The summed E-state index contributed by atoms with van der Waals surface area (Å²) in [5, 5.41) is 13.7. The van der Waals surface area contributed by atoms with E-state index in [1.54, 1.807) is 0 Å². The second kappa shape index (κ2) is 8.81. The molecule has 5 nitrogen and oxygen atoms in total. The zero-order chi connectivity index (χ0) is 22.1. The molecule has 162 valence electrons. The second-order valence-corrected chi connectivity index (χ2v) is 8.69. The lowest BCUT2D eigenvalue weighted by atomic mass is 9.96. The van der Waals surface area contributed by atoms with Crippen molar-refractivity contribution in [2.75, 3.05) is 13.2 Å². The molecule has 4 rings (SSSR count). The van der Waals surface area contributed by atoms with Crippen LogP contribution in [0.3, 0.4) is 0 Å². The number of hydrogen-bond acceptors (Lipinski definition) is 3. The molecule has 0 bridgehead atoms. The number of para-hydroxylation sites is 1. The molecule has 1 fully saturated rings. The average Bonchev–Trinajstić information content (AvgIpc) is 3.23. The van der Waals surface area contributed by atoms with Gasteiger partial charge in [0.15, 0.2) is 5.11 Å². The minimum Gasteiger partial charge on any atom is -0.396 e. The summed E-state index contributed by atoms with van der Waals surface area (Å²) in [5.74, 6) is 0. The van der Waals surface area contributed by atoms with Crippen molar-refractivity contribution in [1.29, 1.82) is 0 Å². The monoisotopic (exact) mass is 434 g/mol. The minimum absolute atomic E-state index is 0.0122. The summed E-state index contributed by atoms with van der Waals surface area (Å²) in [6, 6.07) is 14.7. The third kappa shape index (κ3) is 3.86. The zero-order valence-corrected chi connectivity index (χ0v) is 19.4. The fourth-order valence-electron chi connectivity index (χ4n) is 4.82. The highest BCUT2D eigenvalue weighted by Crippen LogP contribution is 2.41. The Kier molecular flexibility index (Phi) is 6.12. The van der Waals surface area contributed by atoms with Gasteiger partial charge in [0.05, 0.1) is 23.5 Å². The number of nitrogens with one attached hydrogen (secondary N) is 1. The number of aromatic nitrogens is 2. The van der Waals surface area contributed by atoms with Gasteiger partial charge in [0, 0.05) is 30.7 Å². The fraction of sp³-hybridized carbons (Fsp3) is 0.360. The lowest BCUT2D eigenvalue weighted by Crippen LogP contribution is -2.31. The van der Waals surface area contributed by atoms with Crippen molar-refractivity contribution in [1.82, 2.24) is 19.8 Å². The van der Waals surface area contributed by atoms with Gasteiger partial charge in [-0.2, -0.15) is 0 Å². The van der Waals surface area contributed by atoms with Gasteiger partial charge in [-0.1, -0.05) is 24.3 Å². The summed E-state index contributed by atoms with van der Waals surface area (Å²) in [4.78, 5) is 6.84. The van der Waals surface area contributed by atoms with Crippen molar-refractivity contribution < 1.29 is 5.11 Å². The number of thiocarbonyl (C=S) groups is 1. The van der Waals surface area contributed by atoms with Crippen LogP contribution in [-0.4, -0.2) is 37.8 Å². The molecule has 6 heteroatoms. The van der Waals surface area contributed by atoms with Crippen LogP contribution in [0, 0.1) is 27.7 Å². The molecule has 0 aliphatic carbocycles. The predicted molar refractivity (Wildman–Crippen MR) is 129 cm³/mol. The maximum atomic E-state index is 9.46. The van der Waals surface area contributed by atoms with Crippen LogP contribution in [0.5, 0.6) is 0 Å². The van der Waals surface area contributed by atoms with Gasteiger partial charge in [0.2, 0.25) is 0 Å². The first-order valence-corrected chi connectivity index (χ1v) is 11.2. The van der Waals surface area contributed by atoms with E-state index in [9.17, 15) is 5.11 Å². The van der Waals surface area contributed by atoms with Crippen molar-refractivity contribution in [3.8, 4) is 5.69 Å². The van der Waals surface area contributed by atoms with Crippen LogP contribution in [0.2, 0.25) is 0 Å². The Balaban J connectivity index is 1.86. The van der Waals surface area contributed by atoms with Crippen molar-refractivity contribution in [3.63, 3.8) is 0 Å². The first-order valence-electron chi connectivity index (χ1n) is 10.8. The first kappa shape index (κ1) is 21.5. The lowest BCUT2D eigenvalue weighted by molar-refractivity contribution is 0.247. The number of nitrogens with zero attached hydrogens (tertiary/aromatic N) is 3. The maximum Gasteiger partial charge on any atom is 0.170 e. The molecule has 3 aromatic rings. The Bertz CT molecular complexity index is 1070. The van der Waals surface area contributed by atoms with Gasteiger partial charge in [-0.3, -0.25) is 4.98 Å². The molecule has 3 heterocycles. The van der Waals surface area contributed by atoms with E-state index in [0.29, 0.717) is 18.1 Å². The number of hydrogen-bond donors (Lipinski definition) is 2. The van der Waals surface area contributed by atoms with Crippen LogP contribution in [0.1, 0.15) is 52.3 Å². The van der Waals surface area contributed by atoms with E-state index >= 15 is 0 Å². The zero-order valence-electron chi connectivity index (χ0n) is 18.6. The number of benzene rings is 1. The highest BCUT2D eigenvalue weighted by Gasteiger charge is 2.41. The van der Waals surface area contributed by atoms with E-state index in [4.69, 9.17) is 12.2 Å². The Morgan fingerprint density at radius 3 is 2.45 bits per heavy atom. The van der Waals surface area contributed by atoms with Crippen LogP contribution in [0.25, 0.3) is 5.69 Å². The molecular formula is C25H30N4OS. The van der Waals surface area contributed by atoms with Gasteiger partial charge in [-0.05, 0) is 81.2 Å². The predicted octanol–water partition coefficient (Wildman–Crippen LogP) is 4.46. The van der Waals surface area contributed by atoms with Gasteiger partial charge >= 0.3 is 0 Å². The van der Waals surface area contributed by atoms with E-state index in [0.717, 1.165) is 5.69 Å². The molecule has 0 spiro atoms. The van der Waals surface area contributed by atoms with E-state index in [1.165, 1.54) is 33.8 Å². The van der Waals surface area contributed by atoms with E-state index < -0.39 is 0 Å². The molecule has 0 unspecified atom stereocenters. The molecule has 1 aromatic carbocycles. The normalized spacial score (nSPS) is 18.5. The quantitative estimate of drug-likeness (QED) is 0.561. The van der Waals surface area contributed by atoms with Crippen LogP contribution in [0.4, 0.5) is 0 Å². The lowest BCUT2D eigenvalue weighted by Gasteiger charge is -2.28. The summed E-state index contributed by atoms with van der Waals surface area (Å²) < 4.78 is 2.36. The largest absolute Gasteiger partial charge is 0.396 e. The molecule has 2 N–H and O–H groups in total. The van der Waals surface area contributed by atoms with Crippen molar-refractivity contribution in [3.05, 3.63) is 82.4 Å². The van der Waals surface area contributed by atoms with E-state index in [2.05, 4.69) is 71.7 Å². The SMILES string of the molecule is Cc1cccc(C)c1-n1c(C)cc([C@@H]2[C@@H](c3ccccn3)NC(=S)N2CCCO)c1C. The standard InChI is InChI=1S/C25H30N4OS/c1-16-9-7-10-17(2)23(16)29-18(3)15-20(19(29)4)24-22(21-11-5-6-12-26-21)27-25(31)28(24)13-8-14-30/h5-7,9-12,15,22,24,30H,8,13-14H2,1-4H3,(H,27,31)/t22-,24-/m1/s1. The highest BCUT2D eigenvalue weighted by atomic mass is 32.1. The maximum absolute atomic E-state index is 9.46. The molecule has 1 aliphatic rings. The van der Waals surface area contributed by atoms with Crippen LogP contribution < -0.4 is 5.32 Å². The Labute approximate surface area is 189 Å². The number of pyridine rings is 1. The Morgan fingerprint density at radius 2 is 1.81 bits per heavy atom. The molecule has 0 saturated carbocycles. The van der Waals surface area contributed by atoms with Crippen molar-refractivity contribution in [2.24, 2.45) is 0 Å². The summed E-state index contributed by atoms with van der Waals surface area (Å²) in [6.45, 7) is 9.52. The molecular weight excluding hydrogens is 404 g/mol. The van der Waals surface area contributed by atoms with Crippen LogP contribution >= 0.6 is 12.2 Å². The number of rotatable bonds is 6. The summed E-state index contributed by atoms with van der Waals surface area (Å²) >= 11 is 5.72. The molecule has 0 amide bonds. The molecule has 0 radical (unpaired) electrons. The first-order chi connectivity index (χ1) is 14.9. The number of aryl methyl sites for hydroxylation is 3. The number of aliphatic hydroxyl groups excluding tert-OH is 1. The summed E-state index contributed by atoms with van der Waals surface area (Å²) in [5.41, 5.74) is 8.37. The van der Waals surface area contributed by atoms with E-state index in [1.807, 2.05) is 24.4 Å². The second-order valence-electron chi connectivity index (χ2n) is 8.30. The molecule has 1 saturated heterocycles. The van der Waals surface area contributed by atoms with Gasteiger partial charge in [0.25, 0.3) is 0 Å². The average molecular weight is 435 g/mol. The van der Waals surface area contributed by atoms with E-state index in [-0.39, 0.29) is 18.7 Å². The Hall–Kier alpha value is -2.70. The molecule has 1 aliphatic heterocycles. The van der Waals surface area contributed by atoms with Crippen LogP contribution in [0.15, 0.2) is 48.7 Å². The minimum atomic E-state index is -0.0423. The fourth-order valence-corrected chi connectivity index (χ4v) is 5.15. The molecule has 2 atom stereocenters. The van der Waals surface area contributed by atoms with Gasteiger partial charge in [-0.15, -0.1) is 0 Å². The van der Waals surface area contributed by atoms with Crippen molar-refractivity contribution >= 4 is 17.3 Å². The smallest absolute Gasteiger partial charge is 0.170 e. The van der Waals surface area contributed by atoms with Crippen molar-refractivity contribution in [2.45, 2.75) is 46.2 Å². The summed E-state index contributed by atoms with van der Waals surface area (Å²) in [7, 11) is 0. The third-order valence-corrected chi connectivity index (χ3v) is 6.56. The summed E-state index contributed by atoms with van der Waals surface area (Å²) in [6.07, 6.45) is 2.50. The number of aliphatic hydroxyl groups is 1. The molecule has 2 aromatic heterocycles. The topological polar surface area (TPSA) is 53.3 Å². The van der Waals surface area contributed by atoms with Gasteiger partial charge in [0.1, 0.15) is 0 Å². The highest BCUT2D eigenvalue weighted by molar-refractivity contribution is 7.80. The molecule has 31 heavy (non-hydrogen) atoms. The van der Waals surface area contributed by atoms with Gasteiger partial charge < -0.3 is 19.9 Å². The third-order valence-electron chi connectivity index (χ3n) is 6.21. The van der Waals surface area contributed by atoms with Gasteiger partial charge in [-0.25, -0.2) is 0 Å². The van der Waals surface area contributed by atoms with Crippen LogP contribution in [-0.2, 0) is 0 Å².